The lowest BCUT2D eigenvalue weighted by Gasteiger charge is -1.95. The fourth-order valence-corrected chi connectivity index (χ4v) is 2.70. The molecule has 3 aromatic rings. The minimum atomic E-state index is -0.487. The molecule has 0 atom stereocenters. The monoisotopic (exact) mass is 285 g/mol. The van der Waals surface area contributed by atoms with Crippen molar-refractivity contribution >= 4 is 39.7 Å². The first-order chi connectivity index (χ1) is 9.78. The van der Waals surface area contributed by atoms with Crippen LogP contribution in [0, 0.1) is 0 Å². The van der Waals surface area contributed by atoms with Crippen LogP contribution in [0.1, 0.15) is 21.1 Å². The van der Waals surface area contributed by atoms with Crippen LogP contribution >= 0.6 is 11.3 Å². The fourth-order valence-electron chi connectivity index (χ4n) is 1.83. The lowest BCUT2D eigenvalue weighted by Crippen LogP contribution is -2.00. The van der Waals surface area contributed by atoms with Gasteiger partial charge in [-0.25, -0.2) is 9.78 Å². The number of aromatic nitrogens is 1. The van der Waals surface area contributed by atoms with Crippen LogP contribution in [0.2, 0.25) is 0 Å². The van der Waals surface area contributed by atoms with Crippen LogP contribution in [0.25, 0.3) is 22.4 Å². The molecule has 0 saturated heterocycles. The van der Waals surface area contributed by atoms with Crippen molar-refractivity contribution in [2.75, 3.05) is 7.11 Å². The number of rotatable bonds is 3. The van der Waals surface area contributed by atoms with E-state index in [1.54, 1.807) is 23.5 Å². The van der Waals surface area contributed by atoms with Gasteiger partial charge >= 0.3 is 5.97 Å². The molecule has 0 N–H and O–H groups in total. The Bertz CT molecular complexity index is 752. The van der Waals surface area contributed by atoms with E-state index in [9.17, 15) is 4.79 Å². The molecule has 0 aliphatic rings. The predicted octanol–water partition coefficient (Wildman–Crippen LogP) is 3.85. The molecule has 2 aromatic heterocycles. The van der Waals surface area contributed by atoms with Crippen LogP contribution in [-0.2, 0) is 4.74 Å². The summed E-state index contributed by atoms with van der Waals surface area (Å²) in [6.45, 7) is 0. The third-order valence-electron chi connectivity index (χ3n) is 2.78. The molecule has 1 aromatic carbocycles. The number of hydrogen-bond acceptors (Lipinski definition) is 5. The number of thiazole rings is 1. The van der Waals surface area contributed by atoms with Crippen molar-refractivity contribution in [3.05, 3.63) is 52.9 Å². The number of methoxy groups -OCH3 is 1. The number of nitrogens with zero attached hydrogens (tertiary/aromatic N) is 1. The fraction of sp³-hybridized carbons (Fsp3) is 0.0667. The molecule has 4 nitrogen and oxygen atoms in total. The Balaban J connectivity index is 1.90. The number of para-hydroxylation sites is 1. The zero-order valence-electron chi connectivity index (χ0n) is 10.7. The van der Waals surface area contributed by atoms with Crippen molar-refractivity contribution in [3.8, 4) is 0 Å². The molecule has 0 saturated carbocycles. The van der Waals surface area contributed by atoms with Gasteiger partial charge in [-0.3, -0.25) is 0 Å². The highest BCUT2D eigenvalue weighted by molar-refractivity contribution is 7.19. The number of carbonyl (C=O) groups is 1. The van der Waals surface area contributed by atoms with E-state index in [1.807, 2.05) is 30.3 Å². The van der Waals surface area contributed by atoms with E-state index in [2.05, 4.69) is 9.72 Å². The van der Waals surface area contributed by atoms with Crippen molar-refractivity contribution in [1.29, 1.82) is 0 Å². The summed E-state index contributed by atoms with van der Waals surface area (Å²) < 4.78 is 10.9. The first kappa shape index (κ1) is 12.6. The normalized spacial score (nSPS) is 11.2. The molecule has 2 heterocycles. The Morgan fingerprint density at radius 3 is 2.95 bits per heavy atom. The lowest BCUT2D eigenvalue weighted by atomic mass is 10.2. The molecule has 0 fully saturated rings. The maximum Gasteiger partial charge on any atom is 0.374 e. The zero-order chi connectivity index (χ0) is 13.9. The summed E-state index contributed by atoms with van der Waals surface area (Å²) >= 11 is 1.59. The number of ether oxygens (including phenoxy) is 1. The van der Waals surface area contributed by atoms with Gasteiger partial charge in [0.05, 0.1) is 23.6 Å². The van der Waals surface area contributed by atoms with E-state index < -0.39 is 5.97 Å². The zero-order valence-corrected chi connectivity index (χ0v) is 11.5. The van der Waals surface area contributed by atoms with Crippen LogP contribution in [-0.4, -0.2) is 18.1 Å². The second-order valence-electron chi connectivity index (χ2n) is 4.05. The number of hydrogen-bond donors (Lipinski definition) is 0. The first-order valence-corrected chi connectivity index (χ1v) is 6.79. The van der Waals surface area contributed by atoms with Crippen LogP contribution < -0.4 is 0 Å². The van der Waals surface area contributed by atoms with Gasteiger partial charge in [-0.15, -0.1) is 11.3 Å². The quantitative estimate of drug-likeness (QED) is 0.686. The van der Waals surface area contributed by atoms with Crippen molar-refractivity contribution in [2.45, 2.75) is 0 Å². The summed E-state index contributed by atoms with van der Waals surface area (Å²) in [5.41, 5.74) is 1.65. The molecule has 3 rings (SSSR count). The van der Waals surface area contributed by atoms with Gasteiger partial charge in [0.1, 0.15) is 5.01 Å². The molecule has 5 heteroatoms. The standard InChI is InChI=1S/C15H11NO3S/c1-18-15(17)14-10(8-9-19-14)6-7-13-16-11-4-2-3-5-12(11)20-13/h2-9H,1H3/b7-6+. The molecule has 0 aliphatic carbocycles. The Morgan fingerprint density at radius 1 is 1.30 bits per heavy atom. The molecule has 0 unspecified atom stereocenters. The van der Waals surface area contributed by atoms with Gasteiger partial charge in [-0.1, -0.05) is 12.1 Å². The number of benzene rings is 1. The van der Waals surface area contributed by atoms with E-state index in [0.717, 1.165) is 15.2 Å². The van der Waals surface area contributed by atoms with E-state index in [-0.39, 0.29) is 5.76 Å². The number of fused-ring (bicyclic) bond motifs is 1. The molecule has 100 valence electrons. The van der Waals surface area contributed by atoms with Gasteiger partial charge in [-0.05, 0) is 30.4 Å². The average Bonchev–Trinajstić information content (AvgIpc) is 3.10. The second-order valence-corrected chi connectivity index (χ2v) is 5.11. The van der Waals surface area contributed by atoms with Crippen LogP contribution in [0.4, 0.5) is 0 Å². The lowest BCUT2D eigenvalue weighted by molar-refractivity contribution is 0.0565. The Hall–Kier alpha value is -2.40. The molecule has 0 aliphatic heterocycles. The molecule has 0 amide bonds. The summed E-state index contributed by atoms with van der Waals surface area (Å²) in [4.78, 5) is 16.0. The van der Waals surface area contributed by atoms with Crippen molar-refractivity contribution in [3.63, 3.8) is 0 Å². The molecule has 0 radical (unpaired) electrons. The van der Waals surface area contributed by atoms with Gasteiger partial charge in [0.15, 0.2) is 0 Å². The SMILES string of the molecule is COC(=O)c1occc1/C=C/c1nc2ccccc2s1. The topological polar surface area (TPSA) is 52.3 Å². The van der Waals surface area contributed by atoms with E-state index in [0.29, 0.717) is 5.56 Å². The minimum Gasteiger partial charge on any atom is -0.463 e. The number of furan rings is 1. The largest absolute Gasteiger partial charge is 0.463 e. The Morgan fingerprint density at radius 2 is 2.15 bits per heavy atom. The maximum absolute atomic E-state index is 11.5. The molecule has 20 heavy (non-hydrogen) atoms. The van der Waals surface area contributed by atoms with Crippen molar-refractivity contribution in [2.24, 2.45) is 0 Å². The van der Waals surface area contributed by atoms with E-state index >= 15 is 0 Å². The third-order valence-corrected chi connectivity index (χ3v) is 3.78. The van der Waals surface area contributed by atoms with Crippen LogP contribution in [0.15, 0.2) is 41.0 Å². The predicted molar refractivity (Wildman–Crippen MR) is 78.6 cm³/mol. The van der Waals surface area contributed by atoms with E-state index in [4.69, 9.17) is 4.42 Å². The third kappa shape index (κ3) is 2.35. The smallest absolute Gasteiger partial charge is 0.374 e. The average molecular weight is 285 g/mol. The Kier molecular flexibility index (Phi) is 3.35. The summed E-state index contributed by atoms with van der Waals surface area (Å²) in [5.74, 6) is -0.288. The molecule has 0 spiro atoms. The molecular weight excluding hydrogens is 274 g/mol. The van der Waals surface area contributed by atoms with Crippen molar-refractivity contribution in [1.82, 2.24) is 4.98 Å². The van der Waals surface area contributed by atoms with E-state index in [1.165, 1.54) is 13.4 Å². The van der Waals surface area contributed by atoms with Crippen LogP contribution in [0.5, 0.6) is 0 Å². The van der Waals surface area contributed by atoms with Gasteiger partial charge in [-0.2, -0.15) is 0 Å². The van der Waals surface area contributed by atoms with Gasteiger partial charge in [0, 0.05) is 5.56 Å². The maximum atomic E-state index is 11.5. The number of esters is 1. The highest BCUT2D eigenvalue weighted by Gasteiger charge is 2.13. The minimum absolute atomic E-state index is 0.199. The summed E-state index contributed by atoms with van der Waals surface area (Å²) in [6.07, 6.45) is 5.12. The first-order valence-electron chi connectivity index (χ1n) is 5.97. The summed E-state index contributed by atoms with van der Waals surface area (Å²) in [5, 5.41) is 0.878. The van der Waals surface area contributed by atoms with Gasteiger partial charge in [0.2, 0.25) is 5.76 Å². The number of carbonyl (C=O) groups excluding carboxylic acids is 1. The highest BCUT2D eigenvalue weighted by atomic mass is 32.1. The van der Waals surface area contributed by atoms with Crippen LogP contribution in [0.3, 0.4) is 0 Å². The highest BCUT2D eigenvalue weighted by Crippen LogP contribution is 2.23. The molecular formula is C15H11NO3S. The summed E-state index contributed by atoms with van der Waals surface area (Å²) in [7, 11) is 1.33. The van der Waals surface area contributed by atoms with Gasteiger partial charge in [0.25, 0.3) is 0 Å². The Labute approximate surface area is 119 Å². The van der Waals surface area contributed by atoms with Gasteiger partial charge < -0.3 is 9.15 Å². The second kappa shape index (κ2) is 5.30. The molecule has 0 bridgehead atoms. The summed E-state index contributed by atoms with van der Waals surface area (Å²) in [6, 6.07) is 9.67. The van der Waals surface area contributed by atoms with Crippen molar-refractivity contribution < 1.29 is 13.9 Å².